The molecule has 3 aromatic heterocycles. The monoisotopic (exact) mass is 378 g/mol. The molecule has 1 aromatic carbocycles. The molecule has 0 N–H and O–H groups in total. The van der Waals surface area contributed by atoms with Gasteiger partial charge in [0, 0.05) is 23.1 Å². The van der Waals surface area contributed by atoms with Crippen molar-refractivity contribution in [2.24, 2.45) is 0 Å². The molecule has 4 rings (SSSR count). The van der Waals surface area contributed by atoms with Gasteiger partial charge in [-0.25, -0.2) is 0 Å². The number of nitrogens with zero attached hydrogens (tertiary/aromatic N) is 4. The molecule has 0 saturated carbocycles. The van der Waals surface area contributed by atoms with Crippen LogP contribution in [-0.2, 0) is 13.0 Å². The number of carbonyl (C=O) groups is 1. The molecule has 7 heteroatoms. The van der Waals surface area contributed by atoms with Crippen LogP contribution in [0.5, 0.6) is 0 Å². The predicted molar refractivity (Wildman–Crippen MR) is 104 cm³/mol. The summed E-state index contributed by atoms with van der Waals surface area (Å²) < 4.78 is 7.33. The van der Waals surface area contributed by atoms with Crippen LogP contribution < -0.4 is 0 Å². The zero-order chi connectivity index (χ0) is 18.8. The van der Waals surface area contributed by atoms with E-state index in [0.717, 1.165) is 33.0 Å². The van der Waals surface area contributed by atoms with E-state index in [-0.39, 0.29) is 5.78 Å². The lowest BCUT2D eigenvalue weighted by molar-refractivity contribution is 0.102. The van der Waals surface area contributed by atoms with E-state index in [9.17, 15) is 4.79 Å². The normalized spacial score (nSPS) is 11.0. The fourth-order valence-electron chi connectivity index (χ4n) is 2.75. The van der Waals surface area contributed by atoms with E-state index in [1.54, 1.807) is 11.6 Å². The lowest BCUT2D eigenvalue weighted by atomic mass is 10.1. The fraction of sp³-hybridized carbons (Fsp3) is 0.200. The summed E-state index contributed by atoms with van der Waals surface area (Å²) in [5.41, 5.74) is 2.96. The highest BCUT2D eigenvalue weighted by atomic mass is 32.1. The first kappa shape index (κ1) is 17.4. The minimum absolute atomic E-state index is 0.0911. The SMILES string of the molecule is CCc1nnc(Cn2ccc(-c3cccc(-c4ccc(C(C)=O)s4)c3)n2)o1. The second-order valence-corrected chi connectivity index (χ2v) is 7.23. The molecule has 4 aromatic rings. The van der Waals surface area contributed by atoms with Crippen LogP contribution in [0.4, 0.5) is 0 Å². The van der Waals surface area contributed by atoms with Crippen LogP contribution in [0.25, 0.3) is 21.7 Å². The highest BCUT2D eigenvalue weighted by Crippen LogP contribution is 2.31. The fourth-order valence-corrected chi connectivity index (χ4v) is 3.65. The number of hydrogen-bond donors (Lipinski definition) is 0. The van der Waals surface area contributed by atoms with Crippen molar-refractivity contribution in [2.75, 3.05) is 0 Å². The maximum Gasteiger partial charge on any atom is 0.237 e. The Bertz CT molecular complexity index is 1090. The van der Waals surface area contributed by atoms with Crippen molar-refractivity contribution >= 4 is 17.1 Å². The molecule has 0 saturated heterocycles. The van der Waals surface area contributed by atoms with Crippen LogP contribution in [0.1, 0.15) is 35.3 Å². The molecule has 3 heterocycles. The maximum absolute atomic E-state index is 11.5. The van der Waals surface area contributed by atoms with Gasteiger partial charge in [-0.05, 0) is 36.8 Å². The van der Waals surface area contributed by atoms with Crippen molar-refractivity contribution in [1.29, 1.82) is 0 Å². The van der Waals surface area contributed by atoms with Crippen molar-refractivity contribution < 1.29 is 9.21 Å². The average Bonchev–Trinajstić information content (AvgIpc) is 3.43. The van der Waals surface area contributed by atoms with E-state index < -0.39 is 0 Å². The summed E-state index contributed by atoms with van der Waals surface area (Å²) in [4.78, 5) is 13.4. The van der Waals surface area contributed by atoms with Crippen LogP contribution in [0.2, 0.25) is 0 Å². The van der Waals surface area contributed by atoms with Crippen LogP contribution in [-0.4, -0.2) is 25.8 Å². The van der Waals surface area contributed by atoms with Crippen LogP contribution in [0.15, 0.2) is 53.1 Å². The van der Waals surface area contributed by atoms with E-state index in [1.807, 2.05) is 49.5 Å². The quantitative estimate of drug-likeness (QED) is 0.463. The number of ketones is 1. The summed E-state index contributed by atoms with van der Waals surface area (Å²) in [6, 6.07) is 14.0. The Morgan fingerprint density at radius 3 is 2.67 bits per heavy atom. The number of benzene rings is 1. The van der Waals surface area contributed by atoms with Gasteiger partial charge in [-0.1, -0.05) is 25.1 Å². The smallest absolute Gasteiger partial charge is 0.237 e. The van der Waals surface area contributed by atoms with Gasteiger partial charge in [-0.15, -0.1) is 21.5 Å². The molecule has 136 valence electrons. The lowest BCUT2D eigenvalue weighted by Gasteiger charge is -2.02. The number of aromatic nitrogens is 4. The molecular formula is C20H18N4O2S. The third-order valence-corrected chi connectivity index (χ3v) is 5.38. The van der Waals surface area contributed by atoms with Crippen molar-refractivity contribution in [2.45, 2.75) is 26.8 Å². The molecule has 0 fully saturated rings. The van der Waals surface area contributed by atoms with Gasteiger partial charge in [-0.3, -0.25) is 9.48 Å². The Hall–Kier alpha value is -3.06. The number of hydrogen-bond acceptors (Lipinski definition) is 6. The number of aryl methyl sites for hydroxylation is 1. The highest BCUT2D eigenvalue weighted by molar-refractivity contribution is 7.17. The molecule has 0 bridgehead atoms. The van der Waals surface area contributed by atoms with E-state index >= 15 is 0 Å². The van der Waals surface area contributed by atoms with Gasteiger partial charge in [0.1, 0.15) is 6.54 Å². The van der Waals surface area contributed by atoms with Crippen molar-refractivity contribution in [3.8, 4) is 21.7 Å². The zero-order valence-corrected chi connectivity index (χ0v) is 15.9. The Morgan fingerprint density at radius 1 is 1.11 bits per heavy atom. The Kier molecular flexibility index (Phi) is 4.68. The summed E-state index contributed by atoms with van der Waals surface area (Å²) in [5.74, 6) is 1.27. The van der Waals surface area contributed by atoms with Crippen molar-refractivity contribution in [1.82, 2.24) is 20.0 Å². The molecule has 0 atom stereocenters. The standard InChI is InChI=1S/C20H18N4O2S/c1-3-19-21-22-20(26-19)12-24-10-9-16(23-24)14-5-4-6-15(11-14)18-8-7-17(27-18)13(2)25/h4-11H,3,12H2,1-2H3. The van der Waals surface area contributed by atoms with Crippen molar-refractivity contribution in [3.63, 3.8) is 0 Å². The predicted octanol–water partition coefficient (Wildman–Crippen LogP) is 4.47. The number of Topliss-reactive ketones (excluding diaryl/α,β-unsaturated/α-hetero) is 1. The van der Waals surface area contributed by atoms with E-state index in [2.05, 4.69) is 21.4 Å². The van der Waals surface area contributed by atoms with E-state index in [4.69, 9.17) is 4.42 Å². The van der Waals surface area contributed by atoms with Crippen LogP contribution in [0, 0.1) is 0 Å². The summed E-state index contributed by atoms with van der Waals surface area (Å²) in [5, 5.41) is 12.6. The molecule has 0 aliphatic rings. The lowest BCUT2D eigenvalue weighted by Crippen LogP contribution is -2.00. The second-order valence-electron chi connectivity index (χ2n) is 6.14. The van der Waals surface area contributed by atoms with Gasteiger partial charge < -0.3 is 4.42 Å². The minimum Gasteiger partial charge on any atom is -0.423 e. The second kappa shape index (κ2) is 7.28. The molecule has 0 aliphatic heterocycles. The van der Waals surface area contributed by atoms with Gasteiger partial charge >= 0.3 is 0 Å². The number of rotatable bonds is 6. The van der Waals surface area contributed by atoms with Crippen LogP contribution in [0.3, 0.4) is 0 Å². The Labute approximate surface area is 160 Å². The third kappa shape index (κ3) is 3.73. The molecule has 0 spiro atoms. The van der Waals surface area contributed by atoms with Gasteiger partial charge in [0.2, 0.25) is 11.8 Å². The van der Waals surface area contributed by atoms with Gasteiger partial charge in [-0.2, -0.15) is 5.10 Å². The molecule has 0 unspecified atom stereocenters. The largest absolute Gasteiger partial charge is 0.423 e. The van der Waals surface area contributed by atoms with E-state index in [0.29, 0.717) is 18.3 Å². The van der Waals surface area contributed by atoms with Gasteiger partial charge in [0.05, 0.1) is 10.6 Å². The molecule has 0 amide bonds. The Balaban J connectivity index is 1.56. The molecule has 0 aliphatic carbocycles. The van der Waals surface area contributed by atoms with Crippen molar-refractivity contribution in [3.05, 3.63) is 65.3 Å². The first-order chi connectivity index (χ1) is 13.1. The first-order valence-electron chi connectivity index (χ1n) is 8.68. The number of carbonyl (C=O) groups excluding carboxylic acids is 1. The summed E-state index contributed by atoms with van der Waals surface area (Å²) in [6.45, 7) is 4.01. The zero-order valence-electron chi connectivity index (χ0n) is 15.0. The van der Waals surface area contributed by atoms with Gasteiger partial charge in [0.25, 0.3) is 0 Å². The maximum atomic E-state index is 11.5. The molecule has 0 radical (unpaired) electrons. The topological polar surface area (TPSA) is 73.8 Å². The third-order valence-electron chi connectivity index (χ3n) is 4.14. The minimum atomic E-state index is 0.0911. The average molecular weight is 378 g/mol. The summed E-state index contributed by atoms with van der Waals surface area (Å²) in [6.07, 6.45) is 2.62. The highest BCUT2D eigenvalue weighted by Gasteiger charge is 2.10. The summed E-state index contributed by atoms with van der Waals surface area (Å²) in [7, 11) is 0. The van der Waals surface area contributed by atoms with Gasteiger partial charge in [0.15, 0.2) is 5.78 Å². The number of thiophene rings is 1. The molecular weight excluding hydrogens is 360 g/mol. The Morgan fingerprint density at radius 2 is 1.93 bits per heavy atom. The molecule has 27 heavy (non-hydrogen) atoms. The van der Waals surface area contributed by atoms with E-state index in [1.165, 1.54) is 11.3 Å². The molecule has 6 nitrogen and oxygen atoms in total. The van der Waals surface area contributed by atoms with Crippen LogP contribution >= 0.6 is 11.3 Å². The summed E-state index contributed by atoms with van der Waals surface area (Å²) >= 11 is 1.51. The first-order valence-corrected chi connectivity index (χ1v) is 9.50.